The van der Waals surface area contributed by atoms with E-state index in [0.29, 0.717) is 38.8 Å². The van der Waals surface area contributed by atoms with Crippen LogP contribution in [0.5, 0.6) is 0 Å². The van der Waals surface area contributed by atoms with E-state index >= 15 is 0 Å². The molecule has 3 heterocycles. The number of carbonyl (C=O) groups excluding carboxylic acids is 3. The Morgan fingerprint density at radius 2 is 2.06 bits per heavy atom. The minimum atomic E-state index is -0.685. The molecule has 0 spiro atoms. The summed E-state index contributed by atoms with van der Waals surface area (Å²) in [4.78, 5) is 40.9. The van der Waals surface area contributed by atoms with Crippen molar-refractivity contribution in [3.63, 3.8) is 0 Å². The third-order valence-corrected chi connectivity index (χ3v) is 7.10. The van der Waals surface area contributed by atoms with Crippen molar-refractivity contribution in [3.05, 3.63) is 47.3 Å². The molecule has 2 unspecified atom stereocenters. The van der Waals surface area contributed by atoms with Crippen LogP contribution in [0.1, 0.15) is 38.7 Å². The third-order valence-electron chi connectivity index (χ3n) is 6.19. The van der Waals surface area contributed by atoms with E-state index in [-0.39, 0.29) is 23.8 Å². The van der Waals surface area contributed by atoms with E-state index in [4.69, 9.17) is 0 Å². The Kier molecular flexibility index (Phi) is 6.14. The highest BCUT2D eigenvalue weighted by Crippen LogP contribution is 2.39. The van der Waals surface area contributed by atoms with Gasteiger partial charge in [-0.2, -0.15) is 0 Å². The van der Waals surface area contributed by atoms with Gasteiger partial charge in [-0.05, 0) is 55.7 Å². The lowest BCUT2D eigenvalue weighted by molar-refractivity contribution is -0.135. The van der Waals surface area contributed by atoms with Crippen molar-refractivity contribution in [2.75, 3.05) is 13.1 Å². The van der Waals surface area contributed by atoms with Gasteiger partial charge in [0.25, 0.3) is 0 Å². The molecule has 2 aliphatic heterocycles. The first kappa shape index (κ1) is 21.6. The maximum absolute atomic E-state index is 13.4. The van der Waals surface area contributed by atoms with Crippen molar-refractivity contribution in [2.45, 2.75) is 51.6 Å². The van der Waals surface area contributed by atoms with Crippen LogP contribution in [0.2, 0.25) is 0 Å². The molecule has 2 fully saturated rings. The lowest BCUT2D eigenvalue weighted by Crippen LogP contribution is -2.49. The maximum atomic E-state index is 13.4. The molecule has 2 atom stereocenters. The monoisotopic (exact) mass is 439 g/mol. The van der Waals surface area contributed by atoms with Gasteiger partial charge < -0.3 is 15.5 Å². The molecule has 4 rings (SSSR count). The van der Waals surface area contributed by atoms with Gasteiger partial charge in [0.15, 0.2) is 0 Å². The zero-order chi connectivity index (χ0) is 22.0. The summed E-state index contributed by atoms with van der Waals surface area (Å²) in [5.41, 5.74) is 1.57. The van der Waals surface area contributed by atoms with Crippen LogP contribution in [-0.2, 0) is 20.8 Å². The van der Waals surface area contributed by atoms with Crippen molar-refractivity contribution in [2.24, 2.45) is 5.41 Å². The number of likely N-dealkylation sites (tertiary alicyclic amines) is 1. The number of rotatable bonds is 6. The average molecular weight is 440 g/mol. The van der Waals surface area contributed by atoms with Crippen LogP contribution in [0.15, 0.2) is 41.8 Å². The first-order chi connectivity index (χ1) is 14.9. The van der Waals surface area contributed by atoms with E-state index in [0.717, 1.165) is 11.1 Å². The fraction of sp³-hybridized carbons (Fsp3) is 0.458. The minimum absolute atomic E-state index is 0.00533. The van der Waals surface area contributed by atoms with Crippen molar-refractivity contribution in [1.29, 1.82) is 0 Å². The summed E-state index contributed by atoms with van der Waals surface area (Å²) in [7, 11) is 0. The number of thiophene rings is 1. The highest BCUT2D eigenvalue weighted by Gasteiger charge is 2.47. The molecule has 0 saturated carbocycles. The van der Waals surface area contributed by atoms with E-state index in [1.807, 2.05) is 32.0 Å². The van der Waals surface area contributed by atoms with Gasteiger partial charge in [0.1, 0.15) is 6.04 Å². The van der Waals surface area contributed by atoms with Gasteiger partial charge in [-0.3, -0.25) is 14.4 Å². The molecule has 3 amide bonds. The summed E-state index contributed by atoms with van der Waals surface area (Å²) >= 11 is 1.68. The topological polar surface area (TPSA) is 78.5 Å². The zero-order valence-corrected chi connectivity index (χ0v) is 18.8. The molecule has 0 aliphatic carbocycles. The molecule has 7 heteroatoms. The lowest BCUT2D eigenvalue weighted by atomic mass is 9.78. The Morgan fingerprint density at radius 3 is 2.74 bits per heavy atom. The third kappa shape index (κ3) is 4.51. The number of nitrogens with one attached hydrogen (secondary N) is 2. The standard InChI is InChI=1S/C24H29N3O3S/c1-16(2)25-23(30)24(11-12-27(15-24)22(29)19-9-10-21(28)26-19)14-17-6-3-4-7-18(17)20-8-5-13-31-20/h3-8,13,16,19H,9-12,14-15H2,1-2H3,(H,25,30)(H,26,28). The molecule has 6 nitrogen and oxygen atoms in total. The predicted octanol–water partition coefficient (Wildman–Crippen LogP) is 2.98. The van der Waals surface area contributed by atoms with E-state index in [9.17, 15) is 14.4 Å². The van der Waals surface area contributed by atoms with E-state index in [1.54, 1.807) is 16.2 Å². The number of hydrogen-bond donors (Lipinski definition) is 2. The second-order valence-corrected chi connectivity index (χ2v) is 9.84. The Hall–Kier alpha value is -2.67. The first-order valence-corrected chi connectivity index (χ1v) is 11.8. The second kappa shape index (κ2) is 8.83. The largest absolute Gasteiger partial charge is 0.353 e. The molecule has 31 heavy (non-hydrogen) atoms. The van der Waals surface area contributed by atoms with Crippen molar-refractivity contribution < 1.29 is 14.4 Å². The fourth-order valence-corrected chi connectivity index (χ4v) is 5.40. The highest BCUT2D eigenvalue weighted by atomic mass is 32.1. The molecule has 2 N–H and O–H groups in total. The maximum Gasteiger partial charge on any atom is 0.245 e. The number of carbonyl (C=O) groups is 3. The fourth-order valence-electron chi connectivity index (χ4n) is 4.62. The van der Waals surface area contributed by atoms with Crippen LogP contribution in [0.3, 0.4) is 0 Å². The minimum Gasteiger partial charge on any atom is -0.353 e. The molecule has 2 aliphatic rings. The first-order valence-electron chi connectivity index (χ1n) is 10.9. The molecule has 0 radical (unpaired) electrons. The Labute approximate surface area is 187 Å². The molecule has 164 valence electrons. The number of hydrogen-bond acceptors (Lipinski definition) is 4. The molecule has 2 saturated heterocycles. The summed E-state index contributed by atoms with van der Waals surface area (Å²) in [6.07, 6.45) is 2.09. The zero-order valence-electron chi connectivity index (χ0n) is 18.0. The molecule has 2 aromatic rings. The molecule has 1 aromatic heterocycles. The summed E-state index contributed by atoms with van der Waals surface area (Å²) in [6.45, 7) is 4.81. The van der Waals surface area contributed by atoms with Crippen molar-refractivity contribution >= 4 is 29.1 Å². The normalized spacial score (nSPS) is 23.3. The molecule has 1 aromatic carbocycles. The quantitative estimate of drug-likeness (QED) is 0.726. The summed E-state index contributed by atoms with van der Waals surface area (Å²) < 4.78 is 0. The average Bonchev–Trinajstić information content (AvgIpc) is 3.49. The van der Waals surface area contributed by atoms with E-state index < -0.39 is 11.5 Å². The highest BCUT2D eigenvalue weighted by molar-refractivity contribution is 7.13. The molecular weight excluding hydrogens is 410 g/mol. The Bertz CT molecular complexity index is 972. The van der Waals surface area contributed by atoms with Crippen molar-refractivity contribution in [3.8, 4) is 10.4 Å². The smallest absolute Gasteiger partial charge is 0.245 e. The van der Waals surface area contributed by atoms with Gasteiger partial charge in [0.2, 0.25) is 17.7 Å². The van der Waals surface area contributed by atoms with Crippen LogP contribution in [0.25, 0.3) is 10.4 Å². The molecule has 0 bridgehead atoms. The number of amides is 3. The SMILES string of the molecule is CC(C)NC(=O)C1(Cc2ccccc2-c2cccs2)CCN(C(=O)C2CCC(=O)N2)C1. The van der Waals surface area contributed by atoms with Crippen molar-refractivity contribution in [1.82, 2.24) is 15.5 Å². The van der Waals surface area contributed by atoms with Crippen LogP contribution >= 0.6 is 11.3 Å². The van der Waals surface area contributed by atoms with Gasteiger partial charge >= 0.3 is 0 Å². The number of benzene rings is 1. The van der Waals surface area contributed by atoms with Gasteiger partial charge in [0, 0.05) is 30.4 Å². The van der Waals surface area contributed by atoms with Crippen LogP contribution in [0.4, 0.5) is 0 Å². The summed E-state index contributed by atoms with van der Waals surface area (Å²) in [5.74, 6) is -0.155. The van der Waals surface area contributed by atoms with E-state index in [2.05, 4.69) is 34.2 Å². The van der Waals surface area contributed by atoms with E-state index in [1.165, 1.54) is 4.88 Å². The summed E-state index contributed by atoms with van der Waals surface area (Å²) in [5, 5.41) is 7.91. The Balaban J connectivity index is 1.61. The number of nitrogens with zero attached hydrogens (tertiary/aromatic N) is 1. The van der Waals surface area contributed by atoms with Crippen LogP contribution in [-0.4, -0.2) is 47.8 Å². The lowest BCUT2D eigenvalue weighted by Gasteiger charge is -2.30. The van der Waals surface area contributed by atoms with Gasteiger partial charge in [0.05, 0.1) is 5.41 Å². The van der Waals surface area contributed by atoms with Gasteiger partial charge in [-0.1, -0.05) is 30.3 Å². The predicted molar refractivity (Wildman–Crippen MR) is 122 cm³/mol. The molecular formula is C24H29N3O3S. The van der Waals surface area contributed by atoms with Crippen LogP contribution in [0, 0.1) is 5.41 Å². The van der Waals surface area contributed by atoms with Gasteiger partial charge in [-0.15, -0.1) is 11.3 Å². The van der Waals surface area contributed by atoms with Gasteiger partial charge in [-0.25, -0.2) is 0 Å². The summed E-state index contributed by atoms with van der Waals surface area (Å²) in [6, 6.07) is 11.9. The Morgan fingerprint density at radius 1 is 1.26 bits per heavy atom. The van der Waals surface area contributed by atoms with Crippen LogP contribution < -0.4 is 10.6 Å². The second-order valence-electron chi connectivity index (χ2n) is 8.89.